The van der Waals surface area contributed by atoms with Crippen LogP contribution in [0.25, 0.3) is 0 Å². The second kappa shape index (κ2) is 8.27. The SMILES string of the molecule is COc1ccc(Nc2cc(C)nc(Nc3ccccc3OC)n2)c(OC)c1. The van der Waals surface area contributed by atoms with Gasteiger partial charge in [0.25, 0.3) is 0 Å². The first-order valence-electron chi connectivity index (χ1n) is 8.37. The van der Waals surface area contributed by atoms with Crippen LogP contribution < -0.4 is 24.8 Å². The van der Waals surface area contributed by atoms with Gasteiger partial charge in [0.1, 0.15) is 23.1 Å². The lowest BCUT2D eigenvalue weighted by atomic mass is 10.2. The van der Waals surface area contributed by atoms with E-state index in [1.165, 1.54) is 0 Å². The maximum atomic E-state index is 5.43. The van der Waals surface area contributed by atoms with Crippen molar-refractivity contribution < 1.29 is 14.2 Å². The molecule has 2 N–H and O–H groups in total. The number of para-hydroxylation sites is 2. The lowest BCUT2D eigenvalue weighted by Gasteiger charge is -2.14. The molecular weight excluding hydrogens is 344 g/mol. The Morgan fingerprint density at radius 1 is 0.741 bits per heavy atom. The molecule has 0 saturated carbocycles. The van der Waals surface area contributed by atoms with Crippen LogP contribution in [-0.2, 0) is 0 Å². The minimum absolute atomic E-state index is 0.467. The molecule has 3 rings (SSSR count). The van der Waals surface area contributed by atoms with Crippen molar-refractivity contribution in [1.82, 2.24) is 9.97 Å². The summed E-state index contributed by atoms with van der Waals surface area (Å²) in [5.41, 5.74) is 2.38. The number of methoxy groups -OCH3 is 3. The molecular formula is C20H22N4O3. The predicted molar refractivity (Wildman–Crippen MR) is 106 cm³/mol. The minimum atomic E-state index is 0.467. The van der Waals surface area contributed by atoms with Gasteiger partial charge in [0.15, 0.2) is 0 Å². The molecule has 27 heavy (non-hydrogen) atoms. The maximum absolute atomic E-state index is 5.43. The van der Waals surface area contributed by atoms with E-state index in [-0.39, 0.29) is 0 Å². The van der Waals surface area contributed by atoms with Crippen molar-refractivity contribution in [3.8, 4) is 17.2 Å². The van der Waals surface area contributed by atoms with E-state index in [4.69, 9.17) is 14.2 Å². The number of hydrogen-bond acceptors (Lipinski definition) is 7. The fraction of sp³-hybridized carbons (Fsp3) is 0.200. The van der Waals surface area contributed by atoms with Gasteiger partial charge in [0, 0.05) is 17.8 Å². The van der Waals surface area contributed by atoms with E-state index in [1.54, 1.807) is 21.3 Å². The molecule has 7 nitrogen and oxygen atoms in total. The van der Waals surface area contributed by atoms with Crippen LogP contribution in [0.2, 0.25) is 0 Å². The van der Waals surface area contributed by atoms with Gasteiger partial charge < -0.3 is 24.8 Å². The number of nitrogens with one attached hydrogen (secondary N) is 2. The number of benzene rings is 2. The molecule has 0 aliphatic rings. The molecule has 0 spiro atoms. The summed E-state index contributed by atoms with van der Waals surface area (Å²) >= 11 is 0. The molecule has 0 aliphatic heterocycles. The molecule has 3 aromatic rings. The van der Waals surface area contributed by atoms with Crippen LogP contribution >= 0.6 is 0 Å². The van der Waals surface area contributed by atoms with Gasteiger partial charge >= 0.3 is 0 Å². The molecule has 1 aromatic heterocycles. The van der Waals surface area contributed by atoms with Gasteiger partial charge in [-0.15, -0.1) is 0 Å². The molecule has 0 atom stereocenters. The van der Waals surface area contributed by atoms with Gasteiger partial charge in [-0.3, -0.25) is 0 Å². The van der Waals surface area contributed by atoms with Crippen molar-refractivity contribution in [2.45, 2.75) is 6.92 Å². The molecule has 0 radical (unpaired) electrons. The zero-order valence-corrected chi connectivity index (χ0v) is 15.7. The Morgan fingerprint density at radius 2 is 1.48 bits per heavy atom. The van der Waals surface area contributed by atoms with Crippen LogP contribution in [0.4, 0.5) is 23.1 Å². The first-order valence-corrected chi connectivity index (χ1v) is 8.37. The summed E-state index contributed by atoms with van der Waals surface area (Å²) in [7, 11) is 4.85. The van der Waals surface area contributed by atoms with E-state index in [2.05, 4.69) is 20.6 Å². The van der Waals surface area contributed by atoms with E-state index in [9.17, 15) is 0 Å². The third-order valence-electron chi connectivity index (χ3n) is 3.88. The Morgan fingerprint density at radius 3 is 2.22 bits per heavy atom. The average Bonchev–Trinajstić information content (AvgIpc) is 2.68. The average molecular weight is 366 g/mol. The van der Waals surface area contributed by atoms with E-state index >= 15 is 0 Å². The summed E-state index contributed by atoms with van der Waals surface area (Å²) in [6.07, 6.45) is 0. The number of nitrogens with zero attached hydrogens (tertiary/aromatic N) is 2. The molecule has 0 aliphatic carbocycles. The topological polar surface area (TPSA) is 77.5 Å². The zero-order valence-electron chi connectivity index (χ0n) is 15.7. The summed E-state index contributed by atoms with van der Waals surface area (Å²) in [4.78, 5) is 8.99. The Balaban J connectivity index is 1.88. The number of hydrogen-bond donors (Lipinski definition) is 2. The van der Waals surface area contributed by atoms with Crippen molar-refractivity contribution in [2.75, 3.05) is 32.0 Å². The van der Waals surface area contributed by atoms with Crippen LogP contribution in [0.15, 0.2) is 48.5 Å². The predicted octanol–water partition coefficient (Wildman–Crippen LogP) is 4.30. The van der Waals surface area contributed by atoms with E-state index in [0.717, 1.165) is 22.8 Å². The Kier molecular flexibility index (Phi) is 5.61. The third-order valence-corrected chi connectivity index (χ3v) is 3.88. The number of anilines is 4. The highest BCUT2D eigenvalue weighted by Gasteiger charge is 2.09. The summed E-state index contributed by atoms with van der Waals surface area (Å²) in [5, 5.41) is 6.47. The van der Waals surface area contributed by atoms with Crippen molar-refractivity contribution in [3.63, 3.8) is 0 Å². The number of aromatic nitrogens is 2. The number of ether oxygens (including phenoxy) is 3. The van der Waals surface area contributed by atoms with Gasteiger partial charge in [-0.2, -0.15) is 4.98 Å². The lowest BCUT2D eigenvalue weighted by Crippen LogP contribution is -2.04. The minimum Gasteiger partial charge on any atom is -0.497 e. The van der Waals surface area contributed by atoms with Crippen molar-refractivity contribution >= 4 is 23.1 Å². The van der Waals surface area contributed by atoms with Crippen LogP contribution in [0.1, 0.15) is 5.69 Å². The Labute approximate surface area is 158 Å². The Hall–Kier alpha value is -3.48. The molecule has 0 bridgehead atoms. The lowest BCUT2D eigenvalue weighted by molar-refractivity contribution is 0.395. The molecule has 140 valence electrons. The molecule has 7 heteroatoms. The summed E-state index contributed by atoms with van der Waals surface area (Å²) in [5.74, 6) is 3.20. The summed E-state index contributed by atoms with van der Waals surface area (Å²) in [6.45, 7) is 1.91. The fourth-order valence-electron chi connectivity index (χ4n) is 2.60. The molecule has 1 heterocycles. The van der Waals surface area contributed by atoms with Gasteiger partial charge in [-0.05, 0) is 31.2 Å². The summed E-state index contributed by atoms with van der Waals surface area (Å²) < 4.78 is 16.0. The first kappa shape index (κ1) is 18.3. The van der Waals surface area contributed by atoms with Gasteiger partial charge in [0.2, 0.25) is 5.95 Å². The van der Waals surface area contributed by atoms with E-state index in [1.807, 2.05) is 55.5 Å². The monoisotopic (exact) mass is 366 g/mol. The normalized spacial score (nSPS) is 10.2. The molecule has 2 aromatic carbocycles. The second-order valence-corrected chi connectivity index (χ2v) is 5.73. The first-order chi connectivity index (χ1) is 13.1. The highest BCUT2D eigenvalue weighted by molar-refractivity contribution is 5.68. The molecule has 0 unspecified atom stereocenters. The third kappa shape index (κ3) is 4.38. The smallest absolute Gasteiger partial charge is 0.229 e. The largest absolute Gasteiger partial charge is 0.497 e. The van der Waals surface area contributed by atoms with Gasteiger partial charge in [-0.25, -0.2) is 4.98 Å². The van der Waals surface area contributed by atoms with Crippen LogP contribution in [0.5, 0.6) is 17.2 Å². The van der Waals surface area contributed by atoms with Crippen LogP contribution in [-0.4, -0.2) is 31.3 Å². The standard InChI is InChI=1S/C20H22N4O3/c1-13-11-19(22-16-10-9-14(25-2)12-18(16)27-4)24-20(21-13)23-15-7-5-6-8-17(15)26-3/h5-12H,1-4H3,(H2,21,22,23,24). The van der Waals surface area contributed by atoms with Crippen molar-refractivity contribution in [2.24, 2.45) is 0 Å². The fourth-order valence-corrected chi connectivity index (χ4v) is 2.60. The zero-order chi connectivity index (χ0) is 19.2. The summed E-state index contributed by atoms with van der Waals surface area (Å²) in [6, 6.07) is 15.0. The maximum Gasteiger partial charge on any atom is 0.229 e. The number of rotatable bonds is 7. The Bertz CT molecular complexity index is 931. The van der Waals surface area contributed by atoms with Gasteiger partial charge in [-0.1, -0.05) is 12.1 Å². The van der Waals surface area contributed by atoms with E-state index < -0.39 is 0 Å². The highest BCUT2D eigenvalue weighted by atomic mass is 16.5. The quantitative estimate of drug-likeness (QED) is 0.645. The molecule has 0 fully saturated rings. The van der Waals surface area contributed by atoms with Crippen LogP contribution in [0, 0.1) is 6.92 Å². The van der Waals surface area contributed by atoms with Crippen molar-refractivity contribution in [3.05, 3.63) is 54.2 Å². The number of aryl methyl sites for hydroxylation is 1. The highest BCUT2D eigenvalue weighted by Crippen LogP contribution is 2.32. The molecule has 0 amide bonds. The van der Waals surface area contributed by atoms with Crippen molar-refractivity contribution in [1.29, 1.82) is 0 Å². The molecule has 0 saturated heterocycles. The second-order valence-electron chi connectivity index (χ2n) is 5.73. The van der Waals surface area contributed by atoms with E-state index in [0.29, 0.717) is 23.3 Å². The van der Waals surface area contributed by atoms with Crippen LogP contribution in [0.3, 0.4) is 0 Å². The van der Waals surface area contributed by atoms with Gasteiger partial charge in [0.05, 0.1) is 32.7 Å².